The number of carbonyl (C=O) groups excluding carboxylic acids is 3. The molecule has 1 fully saturated rings. The zero-order chi connectivity index (χ0) is 26.8. The zero-order valence-corrected chi connectivity index (χ0v) is 21.4. The van der Waals surface area contributed by atoms with E-state index in [1.165, 1.54) is 6.92 Å². The number of amides is 2. The first-order valence-corrected chi connectivity index (χ1v) is 13.2. The van der Waals surface area contributed by atoms with Crippen LogP contribution >= 0.6 is 0 Å². The molecule has 7 rings (SSSR count). The summed E-state index contributed by atoms with van der Waals surface area (Å²) in [6.45, 7) is 1.86. The average Bonchev–Trinajstić information content (AvgIpc) is 3.53. The number of carbonyl (C=O) groups is 3. The molecule has 3 aliphatic rings. The maximum atomic E-state index is 14.8. The fourth-order valence-corrected chi connectivity index (χ4v) is 7.25. The van der Waals surface area contributed by atoms with E-state index < -0.39 is 22.9 Å². The van der Waals surface area contributed by atoms with Gasteiger partial charge in [-0.1, -0.05) is 97.1 Å². The van der Waals surface area contributed by atoms with E-state index >= 15 is 0 Å². The summed E-state index contributed by atoms with van der Waals surface area (Å²) in [5.41, 5.74) is 1.96. The number of Topliss-reactive ketones (excluding diaryl/α,β-unsaturated/α-hetero) is 1. The minimum absolute atomic E-state index is 0.211. The molecule has 0 radical (unpaired) electrons. The van der Waals surface area contributed by atoms with Crippen LogP contribution in [0.2, 0.25) is 0 Å². The molecule has 3 aliphatic heterocycles. The number of fused-ring (bicyclic) bond motifs is 4. The van der Waals surface area contributed by atoms with E-state index in [2.05, 4.69) is 10.6 Å². The third-order valence-electron chi connectivity index (χ3n) is 8.64. The number of hydrogen-bond donors (Lipinski definition) is 2. The van der Waals surface area contributed by atoms with Crippen LogP contribution in [-0.2, 0) is 31.9 Å². The van der Waals surface area contributed by atoms with Crippen LogP contribution in [-0.4, -0.2) is 17.6 Å². The normalized spacial score (nSPS) is 26.6. The van der Waals surface area contributed by atoms with Crippen molar-refractivity contribution in [1.29, 1.82) is 0 Å². The summed E-state index contributed by atoms with van der Waals surface area (Å²) in [5.74, 6) is -1.68. The quantitative estimate of drug-likeness (QED) is 0.408. The minimum atomic E-state index is -1.42. The number of nitrogens with zero attached hydrogens (tertiary/aromatic N) is 1. The van der Waals surface area contributed by atoms with Gasteiger partial charge in [-0.2, -0.15) is 0 Å². The van der Waals surface area contributed by atoms with Crippen molar-refractivity contribution in [2.75, 3.05) is 10.2 Å². The highest BCUT2D eigenvalue weighted by Crippen LogP contribution is 2.64. The van der Waals surface area contributed by atoms with Crippen LogP contribution in [0.15, 0.2) is 109 Å². The second-order valence-electron chi connectivity index (χ2n) is 10.6. The number of ketones is 1. The van der Waals surface area contributed by atoms with Crippen LogP contribution in [0.5, 0.6) is 0 Å². The number of anilines is 2. The van der Waals surface area contributed by atoms with Crippen LogP contribution in [0.25, 0.3) is 0 Å². The summed E-state index contributed by atoms with van der Waals surface area (Å²) in [6.07, 6.45) is 0. The smallest absolute Gasteiger partial charge is 0.253 e. The molecule has 39 heavy (non-hydrogen) atoms. The Hall–Kier alpha value is -4.55. The van der Waals surface area contributed by atoms with E-state index in [9.17, 15) is 14.4 Å². The standard InChI is InChI=1S/C33H27N3O3/c1-21(37)28-32(24-16-8-10-18-26(24)34-30(32)38)29(23-14-6-3-7-15-23)35-33(28)25-17-9-11-19-27(25)36(31(33)39)20-22-12-4-2-5-13-22/h2-19,28-29,35H,20H2,1H3,(H,34,38). The molecule has 1 saturated heterocycles. The van der Waals surface area contributed by atoms with E-state index in [-0.39, 0.29) is 17.6 Å². The highest BCUT2D eigenvalue weighted by atomic mass is 16.2. The van der Waals surface area contributed by atoms with Gasteiger partial charge in [-0.3, -0.25) is 19.7 Å². The van der Waals surface area contributed by atoms with Crippen molar-refractivity contribution in [3.63, 3.8) is 0 Å². The second-order valence-corrected chi connectivity index (χ2v) is 10.6. The van der Waals surface area contributed by atoms with Crippen molar-refractivity contribution in [3.8, 4) is 0 Å². The third kappa shape index (κ3) is 3.03. The molecule has 0 bridgehead atoms. The molecule has 2 spiro atoms. The van der Waals surface area contributed by atoms with Crippen molar-refractivity contribution in [3.05, 3.63) is 131 Å². The fourth-order valence-electron chi connectivity index (χ4n) is 7.25. The van der Waals surface area contributed by atoms with Crippen LogP contribution in [0.1, 0.15) is 35.2 Å². The van der Waals surface area contributed by atoms with Crippen LogP contribution in [0.3, 0.4) is 0 Å². The third-order valence-corrected chi connectivity index (χ3v) is 8.64. The van der Waals surface area contributed by atoms with Crippen LogP contribution in [0.4, 0.5) is 11.4 Å². The SMILES string of the molecule is CC(=O)C1C2(NC(c3ccccc3)C13C(=O)Nc1ccccc13)C(=O)N(Cc1ccccc1)c1ccccc12. The number of nitrogens with one attached hydrogen (secondary N) is 2. The first-order chi connectivity index (χ1) is 19.0. The average molecular weight is 514 g/mol. The molecule has 3 heterocycles. The Morgan fingerprint density at radius 2 is 1.41 bits per heavy atom. The molecule has 0 aromatic heterocycles. The topological polar surface area (TPSA) is 78.5 Å². The van der Waals surface area contributed by atoms with Gasteiger partial charge < -0.3 is 10.2 Å². The Morgan fingerprint density at radius 1 is 0.795 bits per heavy atom. The molecule has 6 nitrogen and oxygen atoms in total. The lowest BCUT2D eigenvalue weighted by Gasteiger charge is -2.36. The Morgan fingerprint density at radius 3 is 2.13 bits per heavy atom. The molecule has 4 atom stereocenters. The van der Waals surface area contributed by atoms with Gasteiger partial charge in [0.15, 0.2) is 0 Å². The number of para-hydroxylation sites is 2. The van der Waals surface area contributed by atoms with Crippen molar-refractivity contribution in [2.24, 2.45) is 5.92 Å². The van der Waals surface area contributed by atoms with Gasteiger partial charge in [-0.05, 0) is 35.7 Å². The molecule has 0 saturated carbocycles. The van der Waals surface area contributed by atoms with E-state index in [1.54, 1.807) is 4.90 Å². The van der Waals surface area contributed by atoms with Gasteiger partial charge in [0, 0.05) is 16.9 Å². The second kappa shape index (κ2) is 8.48. The predicted octanol–water partition coefficient (Wildman–Crippen LogP) is 4.87. The van der Waals surface area contributed by atoms with Crippen molar-refractivity contribution in [1.82, 2.24) is 5.32 Å². The van der Waals surface area contributed by atoms with Crippen LogP contribution in [0, 0.1) is 5.92 Å². The summed E-state index contributed by atoms with van der Waals surface area (Å²) in [6, 6.07) is 34.0. The maximum Gasteiger partial charge on any atom is 0.253 e. The number of hydrogen-bond acceptors (Lipinski definition) is 4. The fraction of sp³-hybridized carbons (Fsp3) is 0.182. The molecule has 2 amide bonds. The summed E-state index contributed by atoms with van der Waals surface area (Å²) in [4.78, 5) is 44.8. The molecule has 4 unspecified atom stereocenters. The number of benzene rings is 4. The van der Waals surface area contributed by atoms with Crippen LogP contribution < -0.4 is 15.5 Å². The Balaban J connectivity index is 1.51. The molecule has 0 aliphatic carbocycles. The van der Waals surface area contributed by atoms with E-state index in [0.29, 0.717) is 12.2 Å². The van der Waals surface area contributed by atoms with Gasteiger partial charge in [-0.25, -0.2) is 0 Å². The van der Waals surface area contributed by atoms with Gasteiger partial charge in [0.1, 0.15) is 16.7 Å². The first-order valence-electron chi connectivity index (χ1n) is 13.2. The number of rotatable bonds is 4. The predicted molar refractivity (Wildman–Crippen MR) is 149 cm³/mol. The lowest BCUT2D eigenvalue weighted by atomic mass is 9.60. The lowest BCUT2D eigenvalue weighted by molar-refractivity contribution is -0.136. The zero-order valence-electron chi connectivity index (χ0n) is 21.4. The highest BCUT2D eigenvalue weighted by molar-refractivity contribution is 6.16. The maximum absolute atomic E-state index is 14.8. The van der Waals surface area contributed by atoms with Crippen molar-refractivity contribution in [2.45, 2.75) is 30.5 Å². The van der Waals surface area contributed by atoms with E-state index in [0.717, 1.165) is 27.9 Å². The lowest BCUT2D eigenvalue weighted by Crippen LogP contribution is -2.55. The molecular formula is C33H27N3O3. The molecule has 2 N–H and O–H groups in total. The minimum Gasteiger partial charge on any atom is -0.325 e. The Bertz CT molecular complexity index is 1640. The summed E-state index contributed by atoms with van der Waals surface area (Å²) in [7, 11) is 0. The Labute approximate surface area is 226 Å². The largest absolute Gasteiger partial charge is 0.325 e. The van der Waals surface area contributed by atoms with E-state index in [4.69, 9.17) is 0 Å². The van der Waals surface area contributed by atoms with Gasteiger partial charge in [0.2, 0.25) is 5.91 Å². The summed E-state index contributed by atoms with van der Waals surface area (Å²) < 4.78 is 0. The monoisotopic (exact) mass is 513 g/mol. The van der Waals surface area contributed by atoms with Gasteiger partial charge in [0.05, 0.1) is 18.5 Å². The molecule has 4 aromatic rings. The van der Waals surface area contributed by atoms with Gasteiger partial charge in [-0.15, -0.1) is 0 Å². The van der Waals surface area contributed by atoms with Gasteiger partial charge in [0.25, 0.3) is 5.91 Å². The molecule has 192 valence electrons. The first kappa shape index (κ1) is 23.6. The van der Waals surface area contributed by atoms with Crippen molar-refractivity contribution >= 4 is 29.0 Å². The molecular weight excluding hydrogens is 486 g/mol. The molecule has 4 aromatic carbocycles. The summed E-state index contributed by atoms with van der Waals surface area (Å²) >= 11 is 0. The Kier molecular flexibility index (Phi) is 5.12. The molecule has 6 heteroatoms. The summed E-state index contributed by atoms with van der Waals surface area (Å²) in [5, 5.41) is 6.72. The van der Waals surface area contributed by atoms with Crippen molar-refractivity contribution < 1.29 is 14.4 Å². The van der Waals surface area contributed by atoms with E-state index in [1.807, 2.05) is 109 Å². The highest BCUT2D eigenvalue weighted by Gasteiger charge is 2.75. The van der Waals surface area contributed by atoms with Gasteiger partial charge >= 0.3 is 0 Å².